The molecule has 1 unspecified atom stereocenters. The first-order valence-electron chi connectivity index (χ1n) is 7.43. The van der Waals surface area contributed by atoms with Gasteiger partial charge in [0.05, 0.1) is 13.0 Å². The van der Waals surface area contributed by atoms with Gasteiger partial charge in [0.15, 0.2) is 0 Å². The molecule has 2 rings (SSSR count). The van der Waals surface area contributed by atoms with Crippen molar-refractivity contribution in [3.05, 3.63) is 29.8 Å². The average Bonchev–Trinajstić information content (AvgIpc) is 3.03. The quantitative estimate of drug-likeness (QED) is 0.870. The third-order valence-electron chi connectivity index (χ3n) is 3.57. The monoisotopic (exact) mass is 322 g/mol. The van der Waals surface area contributed by atoms with Gasteiger partial charge in [0.25, 0.3) is 0 Å². The van der Waals surface area contributed by atoms with E-state index in [-0.39, 0.29) is 17.9 Å². The van der Waals surface area contributed by atoms with Crippen molar-refractivity contribution < 1.29 is 14.3 Å². The van der Waals surface area contributed by atoms with Gasteiger partial charge in [0.2, 0.25) is 11.8 Å². The molecule has 1 fully saturated rings. The van der Waals surface area contributed by atoms with Crippen LogP contribution in [0.3, 0.4) is 0 Å². The number of nitrogens with one attached hydrogen (secondary N) is 1. The summed E-state index contributed by atoms with van der Waals surface area (Å²) in [4.78, 5) is 26.1. The first-order valence-corrected chi connectivity index (χ1v) is 8.59. The number of amides is 2. The maximum absolute atomic E-state index is 12.3. The molecular weight excluding hydrogens is 300 g/mol. The normalized spacial score (nSPS) is 17.4. The van der Waals surface area contributed by atoms with Gasteiger partial charge >= 0.3 is 0 Å². The zero-order chi connectivity index (χ0) is 15.9. The van der Waals surface area contributed by atoms with Crippen molar-refractivity contribution in [3.8, 4) is 5.75 Å². The number of methoxy groups -OCH3 is 1. The molecule has 1 atom stereocenters. The van der Waals surface area contributed by atoms with E-state index in [4.69, 9.17) is 4.74 Å². The summed E-state index contributed by atoms with van der Waals surface area (Å²) in [5, 5.41) is 2.92. The number of thioether (sulfide) groups is 1. The van der Waals surface area contributed by atoms with Gasteiger partial charge in [-0.15, -0.1) is 11.8 Å². The molecule has 1 saturated heterocycles. The second-order valence-corrected chi connectivity index (χ2v) is 6.20. The SMILES string of the molecule is CCCC(=O)N1CSCC1C(=O)NCc1cccc(OC)c1. The van der Waals surface area contributed by atoms with Gasteiger partial charge in [-0.3, -0.25) is 9.59 Å². The van der Waals surface area contributed by atoms with Gasteiger partial charge in [0, 0.05) is 18.7 Å². The molecule has 1 heterocycles. The van der Waals surface area contributed by atoms with Gasteiger partial charge in [-0.1, -0.05) is 19.1 Å². The molecule has 0 bridgehead atoms. The molecule has 0 aliphatic carbocycles. The minimum Gasteiger partial charge on any atom is -0.497 e. The van der Waals surface area contributed by atoms with Crippen LogP contribution in [0.1, 0.15) is 25.3 Å². The van der Waals surface area contributed by atoms with Crippen molar-refractivity contribution in [2.45, 2.75) is 32.4 Å². The van der Waals surface area contributed by atoms with E-state index >= 15 is 0 Å². The first-order chi connectivity index (χ1) is 10.7. The van der Waals surface area contributed by atoms with Crippen molar-refractivity contribution in [3.63, 3.8) is 0 Å². The Kier molecular flexibility index (Phi) is 6.12. The van der Waals surface area contributed by atoms with E-state index in [0.29, 0.717) is 24.6 Å². The van der Waals surface area contributed by atoms with Crippen LogP contribution >= 0.6 is 11.8 Å². The van der Waals surface area contributed by atoms with Crippen LogP contribution in [0.5, 0.6) is 5.75 Å². The molecule has 120 valence electrons. The summed E-state index contributed by atoms with van der Waals surface area (Å²) in [6.45, 7) is 2.41. The third-order valence-corrected chi connectivity index (χ3v) is 4.58. The van der Waals surface area contributed by atoms with E-state index in [0.717, 1.165) is 17.7 Å². The number of hydrogen-bond acceptors (Lipinski definition) is 4. The topological polar surface area (TPSA) is 58.6 Å². The maximum Gasteiger partial charge on any atom is 0.243 e. The zero-order valence-corrected chi connectivity index (χ0v) is 13.8. The first kappa shape index (κ1) is 16.7. The summed E-state index contributed by atoms with van der Waals surface area (Å²) in [7, 11) is 1.62. The molecule has 22 heavy (non-hydrogen) atoms. The molecule has 1 aliphatic rings. The fourth-order valence-corrected chi connectivity index (χ4v) is 3.53. The summed E-state index contributed by atoms with van der Waals surface area (Å²) < 4.78 is 5.17. The zero-order valence-electron chi connectivity index (χ0n) is 13.0. The van der Waals surface area contributed by atoms with Crippen molar-refractivity contribution >= 4 is 23.6 Å². The average molecular weight is 322 g/mol. The van der Waals surface area contributed by atoms with Gasteiger partial charge in [-0.2, -0.15) is 0 Å². The van der Waals surface area contributed by atoms with Crippen LogP contribution in [0, 0.1) is 0 Å². The summed E-state index contributed by atoms with van der Waals surface area (Å²) in [5.41, 5.74) is 0.977. The summed E-state index contributed by atoms with van der Waals surface area (Å²) in [6, 6.07) is 7.23. The van der Waals surface area contributed by atoms with E-state index in [1.54, 1.807) is 23.8 Å². The van der Waals surface area contributed by atoms with Crippen LogP contribution in [0.15, 0.2) is 24.3 Å². The van der Waals surface area contributed by atoms with Crippen LogP contribution in [0.2, 0.25) is 0 Å². The van der Waals surface area contributed by atoms with E-state index < -0.39 is 0 Å². The lowest BCUT2D eigenvalue weighted by atomic mass is 10.2. The van der Waals surface area contributed by atoms with Crippen LogP contribution in [0.25, 0.3) is 0 Å². The van der Waals surface area contributed by atoms with Crippen molar-refractivity contribution in [1.82, 2.24) is 10.2 Å². The van der Waals surface area contributed by atoms with E-state index in [1.165, 1.54) is 0 Å². The largest absolute Gasteiger partial charge is 0.497 e. The van der Waals surface area contributed by atoms with E-state index in [1.807, 2.05) is 31.2 Å². The van der Waals surface area contributed by atoms with Gasteiger partial charge in [-0.05, 0) is 24.1 Å². The molecule has 0 radical (unpaired) electrons. The van der Waals surface area contributed by atoms with Gasteiger partial charge < -0.3 is 15.0 Å². The lowest BCUT2D eigenvalue weighted by Crippen LogP contribution is -2.46. The predicted molar refractivity (Wildman–Crippen MR) is 87.7 cm³/mol. The number of hydrogen-bond donors (Lipinski definition) is 1. The molecule has 1 aromatic rings. The summed E-state index contributed by atoms with van der Waals surface area (Å²) >= 11 is 1.62. The number of nitrogens with zero attached hydrogens (tertiary/aromatic N) is 1. The van der Waals surface area contributed by atoms with Crippen LogP contribution in [-0.2, 0) is 16.1 Å². The van der Waals surface area contributed by atoms with E-state index in [9.17, 15) is 9.59 Å². The highest BCUT2D eigenvalue weighted by Crippen LogP contribution is 2.22. The molecular formula is C16H22N2O3S. The molecule has 1 aromatic carbocycles. The molecule has 0 aromatic heterocycles. The highest BCUT2D eigenvalue weighted by atomic mass is 32.2. The Morgan fingerprint density at radius 2 is 2.27 bits per heavy atom. The predicted octanol–water partition coefficient (Wildman–Crippen LogP) is 2.01. The van der Waals surface area contributed by atoms with Crippen molar-refractivity contribution in [2.24, 2.45) is 0 Å². The number of carbonyl (C=O) groups excluding carboxylic acids is 2. The van der Waals surface area contributed by atoms with Crippen molar-refractivity contribution in [2.75, 3.05) is 18.7 Å². The van der Waals surface area contributed by atoms with Gasteiger partial charge in [-0.25, -0.2) is 0 Å². The fourth-order valence-electron chi connectivity index (χ4n) is 2.35. The van der Waals surface area contributed by atoms with E-state index in [2.05, 4.69) is 5.32 Å². The fraction of sp³-hybridized carbons (Fsp3) is 0.500. The molecule has 5 nitrogen and oxygen atoms in total. The molecule has 2 amide bonds. The Labute approximate surface area is 135 Å². The number of benzene rings is 1. The molecule has 1 aliphatic heterocycles. The highest BCUT2D eigenvalue weighted by molar-refractivity contribution is 7.99. The molecule has 6 heteroatoms. The van der Waals surface area contributed by atoms with Crippen molar-refractivity contribution in [1.29, 1.82) is 0 Å². The Bertz CT molecular complexity index is 536. The maximum atomic E-state index is 12.3. The standard InChI is InChI=1S/C16H22N2O3S/c1-3-5-15(19)18-11-22-10-14(18)16(20)17-9-12-6-4-7-13(8-12)21-2/h4,6-8,14H,3,5,9-11H2,1-2H3,(H,17,20). The smallest absolute Gasteiger partial charge is 0.243 e. The lowest BCUT2D eigenvalue weighted by molar-refractivity contribution is -0.138. The Morgan fingerprint density at radius 3 is 3.00 bits per heavy atom. The van der Waals surface area contributed by atoms with Gasteiger partial charge in [0.1, 0.15) is 11.8 Å². The Balaban J connectivity index is 1.92. The molecule has 0 spiro atoms. The Morgan fingerprint density at radius 1 is 1.45 bits per heavy atom. The summed E-state index contributed by atoms with van der Waals surface area (Å²) in [5.74, 6) is 2.02. The number of rotatable bonds is 6. The van der Waals surface area contributed by atoms with Crippen LogP contribution in [0.4, 0.5) is 0 Å². The van der Waals surface area contributed by atoms with Crippen LogP contribution < -0.4 is 10.1 Å². The second kappa shape index (κ2) is 8.08. The number of ether oxygens (including phenoxy) is 1. The number of carbonyl (C=O) groups is 2. The molecule has 0 saturated carbocycles. The second-order valence-electron chi connectivity index (χ2n) is 5.20. The Hall–Kier alpha value is -1.69. The minimum atomic E-state index is -0.352. The third kappa shape index (κ3) is 4.16. The summed E-state index contributed by atoms with van der Waals surface area (Å²) in [6.07, 6.45) is 1.30. The van der Waals surface area contributed by atoms with Crippen LogP contribution in [-0.4, -0.2) is 41.5 Å². The highest BCUT2D eigenvalue weighted by Gasteiger charge is 2.33. The lowest BCUT2D eigenvalue weighted by Gasteiger charge is -2.23. The molecule has 1 N–H and O–H groups in total. The minimum absolute atomic E-state index is 0.0639.